The van der Waals surface area contributed by atoms with Crippen molar-refractivity contribution >= 4 is 28.9 Å². The molecule has 0 spiro atoms. The molecule has 5 nitrogen and oxygen atoms in total. The molecule has 2 aromatic rings. The Labute approximate surface area is 201 Å². The molecule has 2 saturated heterocycles. The average molecular weight is 494 g/mol. The number of carbonyl (C=O) groups excluding carboxylic acids is 1. The van der Waals surface area contributed by atoms with Crippen LogP contribution in [0.2, 0.25) is 5.02 Å². The number of anilines is 2. The quantitative estimate of drug-likeness (QED) is 0.680. The zero-order valence-electron chi connectivity index (χ0n) is 18.7. The first-order valence-corrected chi connectivity index (χ1v) is 12.0. The van der Waals surface area contributed by atoms with Gasteiger partial charge in [0.2, 0.25) is 5.91 Å². The number of nitrogens with zero attached hydrogens (tertiary/aromatic N) is 2. The van der Waals surface area contributed by atoms with Crippen molar-refractivity contribution in [2.75, 3.05) is 42.6 Å². The maximum absolute atomic E-state index is 13.4. The van der Waals surface area contributed by atoms with Crippen LogP contribution in [0, 0.1) is 5.92 Å². The van der Waals surface area contributed by atoms with Crippen molar-refractivity contribution in [3.05, 3.63) is 58.6 Å². The Balaban J connectivity index is 1.42. The van der Waals surface area contributed by atoms with Crippen LogP contribution < -0.4 is 15.1 Å². The Morgan fingerprint density at radius 2 is 1.94 bits per heavy atom. The molecule has 2 fully saturated rings. The third-order valence-corrected chi connectivity index (χ3v) is 7.35. The van der Waals surface area contributed by atoms with Crippen molar-refractivity contribution < 1.29 is 22.7 Å². The summed E-state index contributed by atoms with van der Waals surface area (Å²) in [7, 11) is 0. The highest BCUT2D eigenvalue weighted by molar-refractivity contribution is 6.30. The Bertz CT molecular complexity index is 1040. The first kappa shape index (κ1) is 23.3. The number of piperazine rings is 1. The van der Waals surface area contributed by atoms with Gasteiger partial charge in [-0.05, 0) is 67.3 Å². The van der Waals surface area contributed by atoms with Crippen molar-refractivity contribution in [3.8, 4) is 0 Å². The molecule has 0 bridgehead atoms. The number of nitrogens with one attached hydrogen (secondary N) is 1. The number of benzene rings is 2. The number of fused-ring (bicyclic) bond motifs is 3. The summed E-state index contributed by atoms with van der Waals surface area (Å²) in [6.07, 6.45) is -2.26. The van der Waals surface area contributed by atoms with Gasteiger partial charge in [0.15, 0.2) is 0 Å². The molecular formula is C25H27ClF3N3O2. The second kappa shape index (κ2) is 9.30. The number of halogens is 4. The predicted octanol–water partition coefficient (Wildman–Crippen LogP) is 4.52. The minimum atomic E-state index is -4.42. The van der Waals surface area contributed by atoms with E-state index in [1.807, 2.05) is 24.3 Å². The van der Waals surface area contributed by atoms with Crippen LogP contribution in [0.5, 0.6) is 0 Å². The molecule has 3 aliphatic rings. The van der Waals surface area contributed by atoms with E-state index < -0.39 is 17.7 Å². The standard InChI is InChI=1S/C25H27ClF3N3O2/c26-18-4-6-19(7-5-18)31-9-10-32-22-8-3-17(25(27,28)29)12-16(22)13-21(23(32)15-31)24(33)30-14-20-2-1-11-34-20/h3-8,12,20-21,23H,1-2,9-11,13-15H2,(H,30,33). The first-order chi connectivity index (χ1) is 16.3. The highest BCUT2D eigenvalue weighted by atomic mass is 35.5. The maximum Gasteiger partial charge on any atom is 0.416 e. The Kier molecular flexibility index (Phi) is 6.37. The van der Waals surface area contributed by atoms with Crippen molar-refractivity contribution in [2.45, 2.75) is 37.6 Å². The van der Waals surface area contributed by atoms with Crippen LogP contribution in [-0.2, 0) is 22.1 Å². The molecule has 3 unspecified atom stereocenters. The Hall–Kier alpha value is -2.45. The van der Waals surface area contributed by atoms with Gasteiger partial charge in [-0.15, -0.1) is 0 Å². The van der Waals surface area contributed by atoms with Crippen LogP contribution in [0.4, 0.5) is 24.5 Å². The van der Waals surface area contributed by atoms with Crippen LogP contribution in [0.25, 0.3) is 0 Å². The number of ether oxygens (including phenoxy) is 1. The lowest BCUT2D eigenvalue weighted by Gasteiger charge is -2.49. The molecule has 1 N–H and O–H groups in total. The predicted molar refractivity (Wildman–Crippen MR) is 125 cm³/mol. The van der Waals surface area contributed by atoms with Gasteiger partial charge in [-0.3, -0.25) is 4.79 Å². The highest BCUT2D eigenvalue weighted by Crippen LogP contribution is 2.40. The molecule has 5 rings (SSSR count). The largest absolute Gasteiger partial charge is 0.416 e. The summed E-state index contributed by atoms with van der Waals surface area (Å²) in [6, 6.07) is 11.3. The van der Waals surface area contributed by atoms with Crippen molar-refractivity contribution in [1.29, 1.82) is 0 Å². The fourth-order valence-corrected chi connectivity index (χ4v) is 5.46. The van der Waals surface area contributed by atoms with Gasteiger partial charge in [0.05, 0.1) is 23.6 Å². The van der Waals surface area contributed by atoms with E-state index in [1.165, 1.54) is 6.07 Å². The van der Waals surface area contributed by atoms with E-state index in [4.69, 9.17) is 16.3 Å². The van der Waals surface area contributed by atoms with E-state index in [2.05, 4.69) is 15.1 Å². The molecule has 0 aliphatic carbocycles. The molecule has 182 valence electrons. The normalized spacial score (nSPS) is 24.5. The lowest BCUT2D eigenvalue weighted by molar-refractivity contribution is -0.137. The monoisotopic (exact) mass is 493 g/mol. The molecule has 9 heteroatoms. The van der Waals surface area contributed by atoms with Crippen LogP contribution in [0.3, 0.4) is 0 Å². The topological polar surface area (TPSA) is 44.8 Å². The van der Waals surface area contributed by atoms with E-state index >= 15 is 0 Å². The zero-order valence-corrected chi connectivity index (χ0v) is 19.4. The average Bonchev–Trinajstić information content (AvgIpc) is 3.35. The summed E-state index contributed by atoms with van der Waals surface area (Å²) in [5, 5.41) is 3.67. The van der Waals surface area contributed by atoms with Gasteiger partial charge in [-0.2, -0.15) is 13.2 Å². The molecule has 3 aliphatic heterocycles. The number of amides is 1. The fraction of sp³-hybridized carbons (Fsp3) is 0.480. The zero-order chi connectivity index (χ0) is 23.9. The molecule has 3 heterocycles. The molecule has 2 aromatic carbocycles. The smallest absolute Gasteiger partial charge is 0.376 e. The SMILES string of the molecule is O=C(NCC1CCCO1)C1Cc2cc(C(F)(F)F)ccc2N2CCN(c3ccc(Cl)cc3)CC12. The summed E-state index contributed by atoms with van der Waals surface area (Å²) in [4.78, 5) is 17.7. The van der Waals surface area contributed by atoms with Gasteiger partial charge < -0.3 is 19.9 Å². The van der Waals surface area contributed by atoms with Crippen molar-refractivity contribution in [1.82, 2.24) is 5.32 Å². The third-order valence-electron chi connectivity index (χ3n) is 7.10. The number of hydrogen-bond donors (Lipinski definition) is 1. The van der Waals surface area contributed by atoms with Gasteiger partial charge in [-0.1, -0.05) is 11.6 Å². The maximum atomic E-state index is 13.4. The fourth-order valence-electron chi connectivity index (χ4n) is 5.34. The number of alkyl halides is 3. The molecule has 0 aromatic heterocycles. The number of carbonyl (C=O) groups is 1. The Morgan fingerprint density at radius 1 is 1.15 bits per heavy atom. The lowest BCUT2D eigenvalue weighted by atomic mass is 9.82. The van der Waals surface area contributed by atoms with Gasteiger partial charge in [0.1, 0.15) is 0 Å². The molecule has 0 saturated carbocycles. The highest BCUT2D eigenvalue weighted by Gasteiger charge is 2.43. The van der Waals surface area contributed by atoms with Gasteiger partial charge in [0, 0.05) is 49.2 Å². The number of hydrogen-bond acceptors (Lipinski definition) is 4. The van der Waals surface area contributed by atoms with E-state index in [-0.39, 0.29) is 24.5 Å². The lowest BCUT2D eigenvalue weighted by Crippen LogP contribution is -2.61. The van der Waals surface area contributed by atoms with Gasteiger partial charge >= 0.3 is 6.18 Å². The van der Waals surface area contributed by atoms with Gasteiger partial charge in [-0.25, -0.2) is 0 Å². The van der Waals surface area contributed by atoms with Gasteiger partial charge in [0.25, 0.3) is 0 Å². The molecule has 1 amide bonds. The summed E-state index contributed by atoms with van der Waals surface area (Å²) in [6.45, 7) is 3.03. The van der Waals surface area contributed by atoms with Crippen molar-refractivity contribution in [2.24, 2.45) is 5.92 Å². The summed E-state index contributed by atoms with van der Waals surface area (Å²) in [5.41, 5.74) is 1.70. The summed E-state index contributed by atoms with van der Waals surface area (Å²) < 4.78 is 45.8. The molecule has 0 radical (unpaired) electrons. The Morgan fingerprint density at radius 3 is 2.65 bits per heavy atom. The van der Waals surface area contributed by atoms with Crippen LogP contribution >= 0.6 is 11.6 Å². The minimum Gasteiger partial charge on any atom is -0.376 e. The van der Waals surface area contributed by atoms with E-state index in [0.717, 1.165) is 30.3 Å². The molecule has 34 heavy (non-hydrogen) atoms. The van der Waals surface area contributed by atoms with E-state index in [9.17, 15) is 18.0 Å². The molecular weight excluding hydrogens is 467 g/mol. The van der Waals surface area contributed by atoms with Crippen LogP contribution in [-0.4, -0.2) is 50.8 Å². The summed E-state index contributed by atoms with van der Waals surface area (Å²) >= 11 is 6.05. The third kappa shape index (κ3) is 4.70. The second-order valence-corrected chi connectivity index (χ2v) is 9.65. The van der Waals surface area contributed by atoms with Crippen molar-refractivity contribution in [3.63, 3.8) is 0 Å². The van der Waals surface area contributed by atoms with Crippen LogP contribution in [0.1, 0.15) is 24.0 Å². The van der Waals surface area contributed by atoms with E-state index in [0.29, 0.717) is 43.4 Å². The first-order valence-electron chi connectivity index (χ1n) is 11.7. The van der Waals surface area contributed by atoms with E-state index in [1.54, 1.807) is 6.07 Å². The summed E-state index contributed by atoms with van der Waals surface area (Å²) in [5.74, 6) is -0.598. The second-order valence-electron chi connectivity index (χ2n) is 9.22. The minimum absolute atomic E-state index is 0.00434. The number of rotatable bonds is 4. The molecule has 3 atom stereocenters. The van der Waals surface area contributed by atoms with Crippen LogP contribution in [0.15, 0.2) is 42.5 Å².